The first-order valence-electron chi connectivity index (χ1n) is 12.8. The number of benzene rings is 2. The second-order valence-electron chi connectivity index (χ2n) is 10.7. The number of carboxylic acid groups (broad SMARTS) is 1. The fraction of sp³-hybridized carbons (Fsp3) is 0.467. The van der Waals surface area contributed by atoms with Gasteiger partial charge in [-0.3, -0.25) is 19.2 Å². The summed E-state index contributed by atoms with van der Waals surface area (Å²) in [4.78, 5) is 48.4. The largest absolute Gasteiger partial charge is 0.480 e. The van der Waals surface area contributed by atoms with Crippen molar-refractivity contribution in [3.05, 3.63) is 70.8 Å². The SMILES string of the molecule is CCOC(=O)C1(C(=O)O)Cc2ccccc2C1.CCOC(=O)C1(C(=O)OC(C)(C)C)Cc2ccccc2C1. The molecule has 0 aromatic heterocycles. The fourth-order valence-corrected chi connectivity index (χ4v) is 4.90. The lowest BCUT2D eigenvalue weighted by Crippen LogP contribution is -2.45. The van der Waals surface area contributed by atoms with Gasteiger partial charge in [0.25, 0.3) is 0 Å². The highest BCUT2D eigenvalue weighted by atomic mass is 16.6. The average Bonchev–Trinajstić information content (AvgIpc) is 3.44. The lowest BCUT2D eigenvalue weighted by Gasteiger charge is -2.29. The van der Waals surface area contributed by atoms with Crippen molar-refractivity contribution in [2.24, 2.45) is 10.8 Å². The number of hydrogen-bond donors (Lipinski definition) is 1. The van der Waals surface area contributed by atoms with Crippen LogP contribution in [0.3, 0.4) is 0 Å². The van der Waals surface area contributed by atoms with E-state index in [0.717, 1.165) is 22.3 Å². The van der Waals surface area contributed by atoms with Crippen LogP contribution in [0.1, 0.15) is 56.9 Å². The van der Waals surface area contributed by atoms with E-state index in [0.29, 0.717) is 12.8 Å². The Morgan fingerprint density at radius 1 is 0.684 bits per heavy atom. The third-order valence-electron chi connectivity index (χ3n) is 6.74. The third-order valence-corrected chi connectivity index (χ3v) is 6.74. The zero-order chi connectivity index (χ0) is 28.1. The molecule has 0 amide bonds. The molecule has 0 fully saturated rings. The van der Waals surface area contributed by atoms with Gasteiger partial charge >= 0.3 is 23.9 Å². The van der Waals surface area contributed by atoms with Gasteiger partial charge in [-0.25, -0.2) is 0 Å². The maximum Gasteiger partial charge on any atom is 0.324 e. The Balaban J connectivity index is 0.000000215. The molecule has 8 nitrogen and oxygen atoms in total. The molecule has 0 aliphatic heterocycles. The predicted molar refractivity (Wildman–Crippen MR) is 139 cm³/mol. The highest BCUT2D eigenvalue weighted by Gasteiger charge is 2.54. The molecule has 1 N–H and O–H groups in total. The van der Waals surface area contributed by atoms with E-state index >= 15 is 0 Å². The molecule has 2 aromatic rings. The topological polar surface area (TPSA) is 116 Å². The van der Waals surface area contributed by atoms with Crippen molar-refractivity contribution in [1.29, 1.82) is 0 Å². The van der Waals surface area contributed by atoms with Crippen molar-refractivity contribution in [2.45, 2.75) is 65.9 Å². The monoisotopic (exact) mass is 524 g/mol. The first-order valence-corrected chi connectivity index (χ1v) is 12.8. The van der Waals surface area contributed by atoms with Crippen LogP contribution in [0, 0.1) is 10.8 Å². The summed E-state index contributed by atoms with van der Waals surface area (Å²) in [7, 11) is 0. The van der Waals surface area contributed by atoms with E-state index in [2.05, 4.69) is 0 Å². The molecule has 38 heavy (non-hydrogen) atoms. The summed E-state index contributed by atoms with van der Waals surface area (Å²) in [5.74, 6) is -2.73. The van der Waals surface area contributed by atoms with E-state index in [1.807, 2.05) is 48.5 Å². The van der Waals surface area contributed by atoms with E-state index in [-0.39, 0.29) is 26.1 Å². The molecule has 0 bridgehead atoms. The van der Waals surface area contributed by atoms with Crippen molar-refractivity contribution in [3.63, 3.8) is 0 Å². The molecule has 0 radical (unpaired) electrons. The van der Waals surface area contributed by atoms with E-state index in [1.165, 1.54) is 0 Å². The van der Waals surface area contributed by atoms with E-state index in [4.69, 9.17) is 14.2 Å². The molecular formula is C30H36O8. The number of rotatable bonds is 6. The first kappa shape index (κ1) is 28.9. The maximum atomic E-state index is 12.6. The minimum absolute atomic E-state index is 0.199. The van der Waals surface area contributed by atoms with Gasteiger partial charge in [-0.15, -0.1) is 0 Å². The molecule has 0 saturated carbocycles. The van der Waals surface area contributed by atoms with Crippen LogP contribution in [0.15, 0.2) is 48.5 Å². The summed E-state index contributed by atoms with van der Waals surface area (Å²) in [5, 5.41) is 9.33. The number of fused-ring (bicyclic) bond motifs is 2. The van der Waals surface area contributed by atoms with Crippen LogP contribution in [-0.2, 0) is 59.1 Å². The molecule has 2 aliphatic rings. The number of carboxylic acids is 1. The number of esters is 3. The Hall–Kier alpha value is -3.68. The number of carbonyl (C=O) groups is 4. The lowest BCUT2D eigenvalue weighted by atomic mass is 9.84. The Morgan fingerprint density at radius 2 is 1.03 bits per heavy atom. The van der Waals surface area contributed by atoms with Gasteiger partial charge in [0.05, 0.1) is 13.2 Å². The van der Waals surface area contributed by atoms with E-state index in [9.17, 15) is 24.3 Å². The van der Waals surface area contributed by atoms with Crippen LogP contribution in [0.25, 0.3) is 0 Å². The van der Waals surface area contributed by atoms with Crippen LogP contribution in [-0.4, -0.2) is 47.8 Å². The standard InChI is InChI=1S/C17H22O4.C13H14O4/c1-5-20-14(18)17(15(19)21-16(2,3)4)10-12-8-6-7-9-13(12)11-17;1-2-17-12(16)13(11(14)15)7-9-5-3-4-6-10(9)8-13/h6-9H,5,10-11H2,1-4H3;3-6H,2,7-8H2,1H3,(H,14,15). The van der Waals surface area contributed by atoms with Crippen molar-refractivity contribution in [3.8, 4) is 0 Å². The molecule has 204 valence electrons. The summed E-state index contributed by atoms with van der Waals surface area (Å²) >= 11 is 0. The highest BCUT2D eigenvalue weighted by molar-refractivity contribution is 6.02. The van der Waals surface area contributed by atoms with Gasteiger partial charge in [0, 0.05) is 0 Å². The number of ether oxygens (including phenoxy) is 3. The average molecular weight is 525 g/mol. The molecule has 8 heteroatoms. The third kappa shape index (κ3) is 5.90. The Bertz CT molecular complexity index is 1160. The molecule has 0 heterocycles. The summed E-state index contributed by atoms with van der Waals surface area (Å²) in [6, 6.07) is 15.1. The number of carbonyl (C=O) groups excluding carboxylic acids is 3. The van der Waals surface area contributed by atoms with Gasteiger partial charge < -0.3 is 19.3 Å². The summed E-state index contributed by atoms with van der Waals surface area (Å²) in [5.41, 5.74) is 0.552. The molecule has 0 saturated heterocycles. The van der Waals surface area contributed by atoms with Crippen LogP contribution in [0.2, 0.25) is 0 Å². The first-order chi connectivity index (χ1) is 17.9. The van der Waals surface area contributed by atoms with Crippen molar-refractivity contribution < 1.29 is 38.5 Å². The smallest absolute Gasteiger partial charge is 0.324 e. The van der Waals surface area contributed by atoms with Gasteiger partial charge in [0.2, 0.25) is 0 Å². The molecule has 2 aromatic carbocycles. The molecule has 0 atom stereocenters. The van der Waals surface area contributed by atoms with Crippen molar-refractivity contribution in [2.75, 3.05) is 13.2 Å². The van der Waals surface area contributed by atoms with Gasteiger partial charge in [-0.1, -0.05) is 48.5 Å². The van der Waals surface area contributed by atoms with E-state index in [1.54, 1.807) is 34.6 Å². The lowest BCUT2D eigenvalue weighted by molar-refractivity contribution is -0.179. The van der Waals surface area contributed by atoms with Gasteiger partial charge in [0.1, 0.15) is 5.60 Å². The second-order valence-corrected chi connectivity index (χ2v) is 10.7. The minimum atomic E-state index is -1.43. The highest BCUT2D eigenvalue weighted by Crippen LogP contribution is 2.40. The van der Waals surface area contributed by atoms with Gasteiger partial charge in [-0.05, 0) is 82.6 Å². The van der Waals surface area contributed by atoms with Crippen molar-refractivity contribution in [1.82, 2.24) is 0 Å². The maximum absolute atomic E-state index is 12.6. The molecule has 2 aliphatic carbocycles. The molecule has 4 rings (SSSR count). The normalized spacial score (nSPS) is 16.2. The van der Waals surface area contributed by atoms with Crippen LogP contribution in [0.5, 0.6) is 0 Å². The summed E-state index contributed by atoms with van der Waals surface area (Å²) in [6.07, 6.45) is 1.13. The number of hydrogen-bond acceptors (Lipinski definition) is 7. The van der Waals surface area contributed by atoms with Crippen LogP contribution >= 0.6 is 0 Å². The van der Waals surface area contributed by atoms with Gasteiger partial charge in [-0.2, -0.15) is 0 Å². The molecule has 0 spiro atoms. The fourth-order valence-electron chi connectivity index (χ4n) is 4.90. The van der Waals surface area contributed by atoms with Crippen LogP contribution < -0.4 is 0 Å². The zero-order valence-electron chi connectivity index (χ0n) is 22.7. The van der Waals surface area contributed by atoms with Crippen molar-refractivity contribution >= 4 is 23.9 Å². The molecule has 0 unspecified atom stereocenters. The summed E-state index contributed by atoms with van der Waals surface area (Å²) in [6.45, 7) is 9.26. The Morgan fingerprint density at radius 3 is 1.34 bits per heavy atom. The summed E-state index contributed by atoms with van der Waals surface area (Å²) < 4.78 is 15.5. The second kappa shape index (κ2) is 11.4. The Labute approximate surface area is 223 Å². The predicted octanol–water partition coefficient (Wildman–Crippen LogP) is 4.10. The molecular weight excluding hydrogens is 488 g/mol. The quantitative estimate of drug-likeness (QED) is 0.341. The zero-order valence-corrected chi connectivity index (χ0v) is 22.7. The number of aliphatic carboxylic acids is 1. The van der Waals surface area contributed by atoms with E-state index < -0.39 is 40.3 Å². The minimum Gasteiger partial charge on any atom is -0.480 e. The van der Waals surface area contributed by atoms with Crippen LogP contribution in [0.4, 0.5) is 0 Å². The Kier molecular flexibility index (Phi) is 8.65. The van der Waals surface area contributed by atoms with Gasteiger partial charge in [0.15, 0.2) is 10.8 Å².